The minimum Gasteiger partial charge on any atom is -0.360 e. The van der Waals surface area contributed by atoms with Gasteiger partial charge in [0.05, 0.1) is 13.1 Å². The molecule has 1 fully saturated rings. The molecule has 2 aromatic rings. The lowest BCUT2D eigenvalue weighted by molar-refractivity contribution is -0.120. The molecule has 0 bridgehead atoms. The minimum absolute atomic E-state index is 0.0804. The Balaban J connectivity index is 1.63. The Morgan fingerprint density at radius 3 is 2.48 bits per heavy atom. The standard InChI is InChI=1S/C23H31N5O/c1-4-24-23(27(3)16-20-7-5-18(2)6-8-20)26-15-19-9-11-21(12-10-19)28-14-13-25-22(29)17-28/h5-12H,4,13-17H2,1-3H3,(H,24,26)(H,25,29). The summed E-state index contributed by atoms with van der Waals surface area (Å²) in [5.74, 6) is 0.974. The highest BCUT2D eigenvalue weighted by molar-refractivity contribution is 5.82. The summed E-state index contributed by atoms with van der Waals surface area (Å²) in [4.78, 5) is 20.6. The van der Waals surface area contributed by atoms with Crippen LogP contribution in [0.1, 0.15) is 23.6 Å². The summed E-state index contributed by atoms with van der Waals surface area (Å²) in [5.41, 5.74) is 4.76. The van der Waals surface area contributed by atoms with E-state index in [1.807, 2.05) is 0 Å². The van der Waals surface area contributed by atoms with Gasteiger partial charge >= 0.3 is 0 Å². The summed E-state index contributed by atoms with van der Waals surface area (Å²) < 4.78 is 0. The van der Waals surface area contributed by atoms with Crippen molar-refractivity contribution in [1.82, 2.24) is 15.5 Å². The molecule has 0 atom stereocenters. The van der Waals surface area contributed by atoms with Crippen LogP contribution in [0.3, 0.4) is 0 Å². The SMILES string of the molecule is CCNC(=NCc1ccc(N2CCNC(=O)C2)cc1)N(C)Cc1ccc(C)cc1. The van der Waals surface area contributed by atoms with Gasteiger partial charge in [0.2, 0.25) is 5.91 Å². The number of benzene rings is 2. The van der Waals surface area contributed by atoms with Crippen molar-refractivity contribution in [2.45, 2.75) is 26.9 Å². The molecule has 0 unspecified atom stereocenters. The second-order valence-electron chi connectivity index (χ2n) is 7.45. The lowest BCUT2D eigenvalue weighted by Gasteiger charge is -2.28. The number of amides is 1. The van der Waals surface area contributed by atoms with Gasteiger partial charge in [-0.15, -0.1) is 0 Å². The smallest absolute Gasteiger partial charge is 0.239 e. The number of guanidine groups is 1. The molecule has 1 amide bonds. The van der Waals surface area contributed by atoms with Crippen LogP contribution in [0.15, 0.2) is 53.5 Å². The number of aliphatic imine (C=N–C) groups is 1. The molecule has 1 aliphatic heterocycles. The number of hydrogen-bond donors (Lipinski definition) is 2. The second-order valence-corrected chi connectivity index (χ2v) is 7.45. The van der Waals surface area contributed by atoms with E-state index in [0.29, 0.717) is 19.6 Å². The molecule has 0 spiro atoms. The van der Waals surface area contributed by atoms with Crippen molar-refractivity contribution in [1.29, 1.82) is 0 Å². The van der Waals surface area contributed by atoms with Gasteiger partial charge in [-0.2, -0.15) is 0 Å². The number of aryl methyl sites for hydroxylation is 1. The highest BCUT2D eigenvalue weighted by atomic mass is 16.2. The third-order valence-corrected chi connectivity index (χ3v) is 4.99. The summed E-state index contributed by atoms with van der Waals surface area (Å²) >= 11 is 0. The summed E-state index contributed by atoms with van der Waals surface area (Å²) in [6, 6.07) is 16.9. The zero-order valence-electron chi connectivity index (χ0n) is 17.6. The Kier molecular flexibility index (Phi) is 7.11. The first-order valence-corrected chi connectivity index (χ1v) is 10.2. The van der Waals surface area contributed by atoms with Gasteiger partial charge < -0.3 is 20.4 Å². The molecule has 6 nitrogen and oxygen atoms in total. The van der Waals surface area contributed by atoms with Crippen LogP contribution < -0.4 is 15.5 Å². The number of carbonyl (C=O) groups is 1. The van der Waals surface area contributed by atoms with Crippen LogP contribution in [0, 0.1) is 6.92 Å². The third-order valence-electron chi connectivity index (χ3n) is 4.99. The van der Waals surface area contributed by atoms with Crippen molar-refractivity contribution in [3.63, 3.8) is 0 Å². The molecule has 1 aliphatic rings. The molecule has 154 valence electrons. The first kappa shape index (κ1) is 20.7. The minimum atomic E-state index is 0.0804. The number of hydrogen-bond acceptors (Lipinski definition) is 3. The van der Waals surface area contributed by atoms with Crippen LogP contribution in [0.5, 0.6) is 0 Å². The fourth-order valence-corrected chi connectivity index (χ4v) is 3.35. The van der Waals surface area contributed by atoms with E-state index in [0.717, 1.165) is 36.8 Å². The van der Waals surface area contributed by atoms with Gasteiger partial charge in [-0.3, -0.25) is 4.79 Å². The Bertz CT molecular complexity index is 829. The fourth-order valence-electron chi connectivity index (χ4n) is 3.35. The van der Waals surface area contributed by atoms with E-state index in [1.165, 1.54) is 11.1 Å². The molecule has 2 N–H and O–H groups in total. The molecule has 0 aliphatic carbocycles. The van der Waals surface area contributed by atoms with Gasteiger partial charge in [-0.05, 0) is 37.1 Å². The number of rotatable bonds is 6. The van der Waals surface area contributed by atoms with E-state index in [4.69, 9.17) is 4.99 Å². The quantitative estimate of drug-likeness (QED) is 0.585. The molecule has 3 rings (SSSR count). The maximum absolute atomic E-state index is 11.6. The zero-order valence-corrected chi connectivity index (χ0v) is 17.6. The fraction of sp³-hybridized carbons (Fsp3) is 0.391. The average molecular weight is 394 g/mol. The van der Waals surface area contributed by atoms with Crippen LogP contribution >= 0.6 is 0 Å². The van der Waals surface area contributed by atoms with Crippen molar-refractivity contribution >= 4 is 17.6 Å². The highest BCUT2D eigenvalue weighted by Gasteiger charge is 2.16. The Labute approximate surface area is 173 Å². The first-order valence-electron chi connectivity index (χ1n) is 10.2. The molecular formula is C23H31N5O. The van der Waals surface area contributed by atoms with Gasteiger partial charge in [0.1, 0.15) is 0 Å². The number of carbonyl (C=O) groups excluding carboxylic acids is 1. The molecule has 1 heterocycles. The van der Waals surface area contributed by atoms with Gasteiger partial charge in [-0.25, -0.2) is 4.99 Å². The van der Waals surface area contributed by atoms with E-state index in [9.17, 15) is 4.79 Å². The number of nitrogens with one attached hydrogen (secondary N) is 2. The normalized spacial score (nSPS) is 14.5. The van der Waals surface area contributed by atoms with Crippen molar-refractivity contribution in [3.05, 3.63) is 65.2 Å². The molecule has 6 heteroatoms. The largest absolute Gasteiger partial charge is 0.360 e. The lowest BCUT2D eigenvalue weighted by Crippen LogP contribution is -2.47. The predicted octanol–water partition coefficient (Wildman–Crippen LogP) is 2.53. The number of anilines is 1. The third kappa shape index (κ3) is 5.98. The molecule has 0 radical (unpaired) electrons. The summed E-state index contributed by atoms with van der Waals surface area (Å²) in [6.45, 7) is 8.40. The van der Waals surface area contributed by atoms with E-state index >= 15 is 0 Å². The molecule has 0 aromatic heterocycles. The molecule has 29 heavy (non-hydrogen) atoms. The maximum atomic E-state index is 11.6. The summed E-state index contributed by atoms with van der Waals surface area (Å²) in [7, 11) is 2.06. The van der Waals surface area contributed by atoms with Crippen LogP contribution in [0.25, 0.3) is 0 Å². The number of piperazine rings is 1. The monoisotopic (exact) mass is 393 g/mol. The van der Waals surface area contributed by atoms with Crippen LogP contribution in [0.2, 0.25) is 0 Å². The van der Waals surface area contributed by atoms with Crippen LogP contribution in [-0.2, 0) is 17.9 Å². The van der Waals surface area contributed by atoms with Crippen molar-refractivity contribution in [2.24, 2.45) is 4.99 Å². The Morgan fingerprint density at radius 1 is 1.14 bits per heavy atom. The molecular weight excluding hydrogens is 362 g/mol. The van der Waals surface area contributed by atoms with Gasteiger partial charge in [0, 0.05) is 38.9 Å². The maximum Gasteiger partial charge on any atom is 0.239 e. The molecule has 2 aromatic carbocycles. The van der Waals surface area contributed by atoms with Gasteiger partial charge in [0.15, 0.2) is 5.96 Å². The van der Waals surface area contributed by atoms with Crippen LogP contribution in [0.4, 0.5) is 5.69 Å². The first-order chi connectivity index (χ1) is 14.0. The molecule has 1 saturated heterocycles. The Morgan fingerprint density at radius 2 is 1.83 bits per heavy atom. The second kappa shape index (κ2) is 9.96. The van der Waals surface area contributed by atoms with E-state index in [2.05, 4.69) is 89.9 Å². The Hall–Kier alpha value is -3.02. The van der Waals surface area contributed by atoms with Crippen molar-refractivity contribution in [2.75, 3.05) is 38.1 Å². The van der Waals surface area contributed by atoms with Gasteiger partial charge in [0.25, 0.3) is 0 Å². The average Bonchev–Trinajstić information content (AvgIpc) is 2.73. The van der Waals surface area contributed by atoms with E-state index < -0.39 is 0 Å². The zero-order chi connectivity index (χ0) is 20.6. The molecule has 0 saturated carbocycles. The summed E-state index contributed by atoms with van der Waals surface area (Å²) in [5, 5.41) is 6.23. The van der Waals surface area contributed by atoms with Crippen molar-refractivity contribution in [3.8, 4) is 0 Å². The highest BCUT2D eigenvalue weighted by Crippen LogP contribution is 2.16. The summed E-state index contributed by atoms with van der Waals surface area (Å²) in [6.07, 6.45) is 0. The van der Waals surface area contributed by atoms with E-state index in [-0.39, 0.29) is 5.91 Å². The lowest BCUT2D eigenvalue weighted by atomic mass is 10.1. The topological polar surface area (TPSA) is 60.0 Å². The van der Waals surface area contributed by atoms with Crippen LogP contribution in [-0.4, -0.2) is 50.0 Å². The van der Waals surface area contributed by atoms with E-state index in [1.54, 1.807) is 0 Å². The van der Waals surface area contributed by atoms with Crippen molar-refractivity contribution < 1.29 is 4.79 Å². The van der Waals surface area contributed by atoms with Gasteiger partial charge in [-0.1, -0.05) is 42.0 Å². The number of nitrogens with zero attached hydrogens (tertiary/aromatic N) is 3. The predicted molar refractivity (Wildman–Crippen MR) is 119 cm³/mol.